The topological polar surface area (TPSA) is 55.8 Å². The molecule has 0 aromatic carbocycles. The van der Waals surface area contributed by atoms with E-state index in [0.29, 0.717) is 13.0 Å². The summed E-state index contributed by atoms with van der Waals surface area (Å²) in [5.41, 5.74) is 0. The monoisotopic (exact) mass is 753 g/mol. The number of hydrogen-bond donors (Lipinski definition) is 1. The summed E-state index contributed by atoms with van der Waals surface area (Å²) in [4.78, 5) is 12.2. The van der Waals surface area contributed by atoms with Gasteiger partial charge in [-0.25, -0.2) is 0 Å². The molecule has 0 aliphatic carbocycles. The van der Waals surface area contributed by atoms with Crippen LogP contribution in [0, 0.1) is 0 Å². The van der Waals surface area contributed by atoms with Crippen molar-refractivity contribution < 1.29 is 19.4 Å². The van der Waals surface area contributed by atoms with E-state index in [4.69, 9.17) is 9.47 Å². The molecule has 55 heavy (non-hydrogen) atoms. The molecule has 0 saturated heterocycles. The number of esters is 1. The highest BCUT2D eigenvalue weighted by Gasteiger charge is 2.13. The van der Waals surface area contributed by atoms with Gasteiger partial charge in [-0.3, -0.25) is 4.79 Å². The van der Waals surface area contributed by atoms with Crippen molar-refractivity contribution in [2.24, 2.45) is 0 Å². The number of aliphatic hydroxyl groups excluding tert-OH is 1. The zero-order valence-electron chi connectivity index (χ0n) is 34.6. The Balaban J connectivity index is 3.74. The van der Waals surface area contributed by atoms with E-state index in [1.54, 1.807) is 0 Å². The molecular weight excluding hydrogens is 677 g/mol. The van der Waals surface area contributed by atoms with Crippen molar-refractivity contribution in [1.82, 2.24) is 0 Å². The molecular formula is C51H76O4. The Bertz CT molecular complexity index is 1250. The summed E-state index contributed by atoms with van der Waals surface area (Å²) in [7, 11) is 0. The van der Waals surface area contributed by atoms with Gasteiger partial charge in [0.25, 0.3) is 0 Å². The summed E-state index contributed by atoms with van der Waals surface area (Å²) < 4.78 is 11.0. The first-order valence-electron chi connectivity index (χ1n) is 21.1. The van der Waals surface area contributed by atoms with Gasteiger partial charge < -0.3 is 14.6 Å². The Hall–Kier alpha value is -3.99. The van der Waals surface area contributed by atoms with Gasteiger partial charge in [0, 0.05) is 13.0 Å². The van der Waals surface area contributed by atoms with Crippen molar-refractivity contribution in [1.29, 1.82) is 0 Å². The first-order chi connectivity index (χ1) is 27.2. The fourth-order valence-electron chi connectivity index (χ4n) is 4.80. The molecule has 304 valence electrons. The molecule has 0 aromatic heterocycles. The number of ether oxygens (including phenoxy) is 2. The van der Waals surface area contributed by atoms with Gasteiger partial charge in [-0.2, -0.15) is 0 Å². The molecule has 0 aliphatic heterocycles. The second-order valence-electron chi connectivity index (χ2n) is 12.9. The first-order valence-corrected chi connectivity index (χ1v) is 21.1. The molecule has 4 heteroatoms. The number of carbonyl (C=O) groups excluding carboxylic acids is 1. The molecule has 1 atom stereocenters. The molecule has 0 fully saturated rings. The van der Waals surface area contributed by atoms with Crippen LogP contribution in [0.5, 0.6) is 0 Å². The summed E-state index contributed by atoms with van der Waals surface area (Å²) in [6, 6.07) is 0. The summed E-state index contributed by atoms with van der Waals surface area (Å²) in [6.07, 6.45) is 73.1. The number of carbonyl (C=O) groups is 1. The second kappa shape index (κ2) is 46.2. The van der Waals surface area contributed by atoms with Gasteiger partial charge in [0.2, 0.25) is 0 Å². The second-order valence-corrected chi connectivity index (χ2v) is 12.9. The summed E-state index contributed by atoms with van der Waals surface area (Å²) >= 11 is 0. The lowest BCUT2D eigenvalue weighted by Gasteiger charge is -2.15. The third-order valence-corrected chi connectivity index (χ3v) is 7.85. The van der Waals surface area contributed by atoms with Gasteiger partial charge in [0.1, 0.15) is 6.10 Å². The number of aliphatic hydroxyl groups is 1. The van der Waals surface area contributed by atoms with E-state index in [9.17, 15) is 9.90 Å². The lowest BCUT2D eigenvalue weighted by molar-refractivity contribution is -0.154. The van der Waals surface area contributed by atoms with Crippen molar-refractivity contribution in [3.63, 3.8) is 0 Å². The third kappa shape index (κ3) is 44.3. The molecule has 0 bridgehead atoms. The molecule has 1 N–H and O–H groups in total. The fourth-order valence-corrected chi connectivity index (χ4v) is 4.80. The molecule has 0 rings (SSSR count). The van der Waals surface area contributed by atoms with Crippen molar-refractivity contribution >= 4 is 5.97 Å². The highest BCUT2D eigenvalue weighted by molar-refractivity contribution is 5.69. The van der Waals surface area contributed by atoms with E-state index in [2.05, 4.69) is 172 Å². The van der Waals surface area contributed by atoms with Crippen molar-refractivity contribution in [2.75, 3.05) is 19.8 Å². The van der Waals surface area contributed by atoms with Crippen molar-refractivity contribution in [2.45, 2.75) is 136 Å². The summed E-state index contributed by atoms with van der Waals surface area (Å²) in [5.74, 6) is -0.286. The van der Waals surface area contributed by atoms with Crippen LogP contribution in [-0.4, -0.2) is 37.0 Å². The maximum Gasteiger partial charge on any atom is 0.306 e. The van der Waals surface area contributed by atoms with Gasteiger partial charge in [0.05, 0.1) is 13.2 Å². The SMILES string of the molecule is CC/C=C\C/C=C\C/C=C\C/C=C\C/C=C\C/C=C\C/C=C\CCCC(=O)OC(CO)COCCC/C=C\C/C=C\C/C=C\C/C=C\C/C=C\C/C=C\CC. The smallest absolute Gasteiger partial charge is 0.306 e. The maximum atomic E-state index is 12.2. The third-order valence-electron chi connectivity index (χ3n) is 7.85. The minimum atomic E-state index is -0.609. The number of unbranched alkanes of at least 4 members (excludes halogenated alkanes) is 2. The molecule has 0 heterocycles. The molecule has 0 spiro atoms. The van der Waals surface area contributed by atoms with Crippen LogP contribution in [0.3, 0.4) is 0 Å². The molecule has 1 unspecified atom stereocenters. The van der Waals surface area contributed by atoms with Gasteiger partial charge in [-0.1, -0.05) is 172 Å². The molecule has 0 amide bonds. The summed E-state index contributed by atoms with van der Waals surface area (Å²) in [5, 5.41) is 9.59. The van der Waals surface area contributed by atoms with Gasteiger partial charge in [-0.05, 0) is 109 Å². The standard InChI is InChI=1S/C51H76O4/c1-3-5-7-9-11-13-15-17-19-21-23-25-26-27-28-30-32-34-36-38-40-42-44-46-51(53)55-50(48-52)49-54-47-45-43-41-39-37-35-33-31-29-24-22-20-18-16-14-12-10-8-6-4-2/h5-8,11-14,17-20,23-25,27-29,32-35,38-41,50,52H,3-4,9-10,15-16,21-22,26,30-31,36-37,42-49H2,1-2H3/b7-5-,8-6-,13-11-,14-12-,19-17-,20-18-,25-23-,28-27-,29-24-,34-32-,35-33-,40-38-,41-39-. The molecule has 0 aromatic rings. The van der Waals surface area contributed by atoms with Crippen LogP contribution in [0.25, 0.3) is 0 Å². The average molecular weight is 753 g/mol. The Kier molecular flexibility index (Phi) is 42.8. The van der Waals surface area contributed by atoms with Gasteiger partial charge in [-0.15, -0.1) is 0 Å². The molecule has 0 saturated carbocycles. The van der Waals surface area contributed by atoms with E-state index in [1.165, 1.54) is 0 Å². The molecule has 4 nitrogen and oxygen atoms in total. The zero-order valence-corrected chi connectivity index (χ0v) is 34.6. The molecule has 0 aliphatic rings. The quantitative estimate of drug-likeness (QED) is 0.0393. The van der Waals surface area contributed by atoms with Crippen molar-refractivity contribution in [3.05, 3.63) is 158 Å². The summed E-state index contributed by atoms with van der Waals surface area (Å²) in [6.45, 7) is 4.87. The maximum absolute atomic E-state index is 12.2. The normalized spacial score (nSPS) is 14.0. The first kappa shape index (κ1) is 51.0. The average Bonchev–Trinajstić information content (AvgIpc) is 3.19. The number of allylic oxidation sites excluding steroid dienone is 26. The Morgan fingerprint density at radius 2 is 0.727 bits per heavy atom. The van der Waals surface area contributed by atoms with Gasteiger partial charge >= 0.3 is 5.97 Å². The lowest BCUT2D eigenvalue weighted by atomic mass is 10.2. The van der Waals surface area contributed by atoms with Crippen LogP contribution in [0.1, 0.15) is 129 Å². The highest BCUT2D eigenvalue weighted by Crippen LogP contribution is 2.05. The van der Waals surface area contributed by atoms with Crippen LogP contribution >= 0.6 is 0 Å². The highest BCUT2D eigenvalue weighted by atomic mass is 16.6. The van der Waals surface area contributed by atoms with Gasteiger partial charge in [0.15, 0.2) is 0 Å². The van der Waals surface area contributed by atoms with Crippen molar-refractivity contribution in [3.8, 4) is 0 Å². The van der Waals surface area contributed by atoms with E-state index in [-0.39, 0.29) is 19.2 Å². The Morgan fingerprint density at radius 1 is 0.436 bits per heavy atom. The van der Waals surface area contributed by atoms with Crippen LogP contribution in [0.15, 0.2) is 158 Å². The van der Waals surface area contributed by atoms with E-state index < -0.39 is 6.10 Å². The largest absolute Gasteiger partial charge is 0.457 e. The van der Waals surface area contributed by atoms with E-state index in [0.717, 1.165) is 109 Å². The van der Waals surface area contributed by atoms with E-state index >= 15 is 0 Å². The number of hydrogen-bond acceptors (Lipinski definition) is 4. The molecule has 0 radical (unpaired) electrons. The minimum Gasteiger partial charge on any atom is -0.457 e. The zero-order chi connectivity index (χ0) is 39.8. The Labute approximate surface area is 337 Å². The predicted molar refractivity (Wildman–Crippen MR) is 241 cm³/mol. The van der Waals surface area contributed by atoms with Crippen LogP contribution in [0.4, 0.5) is 0 Å². The van der Waals surface area contributed by atoms with Crippen LogP contribution in [-0.2, 0) is 14.3 Å². The minimum absolute atomic E-state index is 0.220. The van der Waals surface area contributed by atoms with Crippen LogP contribution in [0.2, 0.25) is 0 Å². The van der Waals surface area contributed by atoms with E-state index in [1.807, 2.05) is 0 Å². The predicted octanol–water partition coefficient (Wildman–Crippen LogP) is 14.2. The lowest BCUT2D eigenvalue weighted by Crippen LogP contribution is -2.27. The fraction of sp³-hybridized carbons (Fsp3) is 0.471. The Morgan fingerprint density at radius 3 is 1.04 bits per heavy atom. The number of rotatable bonds is 36. The van der Waals surface area contributed by atoms with Crippen LogP contribution < -0.4 is 0 Å².